The number of anilines is 1. The first-order chi connectivity index (χ1) is 10.4. The minimum atomic E-state index is -0.178. The van der Waals surface area contributed by atoms with Gasteiger partial charge in [0.25, 0.3) is 0 Å². The van der Waals surface area contributed by atoms with Gasteiger partial charge in [-0.05, 0) is 57.4 Å². The van der Waals surface area contributed by atoms with Crippen LogP contribution in [0.1, 0.15) is 40.9 Å². The van der Waals surface area contributed by atoms with E-state index in [1.54, 1.807) is 0 Å². The van der Waals surface area contributed by atoms with E-state index in [-0.39, 0.29) is 11.0 Å². The zero-order valence-electron chi connectivity index (χ0n) is 13.6. The van der Waals surface area contributed by atoms with Gasteiger partial charge in [0.15, 0.2) is 10.1 Å². The summed E-state index contributed by atoms with van der Waals surface area (Å²) < 4.78 is 0.818. The molecule has 0 saturated carbocycles. The van der Waals surface area contributed by atoms with E-state index >= 15 is 0 Å². The third-order valence-corrected chi connectivity index (χ3v) is 5.55. The molecule has 2 rings (SSSR count). The second-order valence-corrected chi connectivity index (χ2v) is 7.84. The standard InChI is InChI=1S/C16H21N3OS2/c1-6-17-15-18-19-16(22-15)21-12(5)14(20)13-8-10(3)9(2)7-11(13)4/h7-8,12H,6H2,1-5H3,(H,17,18). The maximum Gasteiger partial charge on any atom is 0.206 e. The first-order valence-electron chi connectivity index (χ1n) is 7.28. The predicted molar refractivity (Wildman–Crippen MR) is 94.4 cm³/mol. The van der Waals surface area contributed by atoms with Crippen LogP contribution >= 0.6 is 23.1 Å². The van der Waals surface area contributed by atoms with Crippen molar-refractivity contribution < 1.29 is 4.79 Å². The first-order valence-corrected chi connectivity index (χ1v) is 8.98. The number of ketones is 1. The maximum atomic E-state index is 12.7. The Kier molecular flexibility index (Phi) is 5.58. The van der Waals surface area contributed by atoms with Crippen LogP contribution in [0.4, 0.5) is 5.13 Å². The molecule has 0 aliphatic rings. The average molecular weight is 335 g/mol. The van der Waals surface area contributed by atoms with Crippen LogP contribution < -0.4 is 5.32 Å². The Morgan fingerprint density at radius 3 is 2.59 bits per heavy atom. The fraction of sp³-hybridized carbons (Fsp3) is 0.438. The number of carbonyl (C=O) groups excluding carboxylic acids is 1. The highest BCUT2D eigenvalue weighted by molar-refractivity contribution is 8.02. The van der Waals surface area contributed by atoms with Gasteiger partial charge in [-0.1, -0.05) is 29.2 Å². The summed E-state index contributed by atoms with van der Waals surface area (Å²) in [6.07, 6.45) is 0. The zero-order valence-corrected chi connectivity index (χ0v) is 15.2. The molecule has 6 heteroatoms. The number of benzene rings is 1. The van der Waals surface area contributed by atoms with E-state index in [9.17, 15) is 4.79 Å². The molecule has 1 aromatic heterocycles. The molecule has 0 radical (unpaired) electrons. The Hall–Kier alpha value is -1.40. The van der Waals surface area contributed by atoms with Crippen LogP contribution in [0, 0.1) is 20.8 Å². The normalized spacial score (nSPS) is 12.2. The van der Waals surface area contributed by atoms with Gasteiger partial charge in [0, 0.05) is 12.1 Å². The van der Waals surface area contributed by atoms with Crippen molar-refractivity contribution in [2.45, 2.75) is 44.2 Å². The molecule has 4 nitrogen and oxygen atoms in total. The van der Waals surface area contributed by atoms with Gasteiger partial charge in [-0.2, -0.15) is 0 Å². The molecule has 1 unspecified atom stereocenters. The van der Waals surface area contributed by atoms with Gasteiger partial charge in [0.05, 0.1) is 5.25 Å². The maximum absolute atomic E-state index is 12.7. The highest BCUT2D eigenvalue weighted by Crippen LogP contribution is 2.31. The van der Waals surface area contributed by atoms with Crippen molar-refractivity contribution in [2.24, 2.45) is 0 Å². The Labute approximate surface area is 139 Å². The molecular formula is C16H21N3OS2. The van der Waals surface area contributed by atoms with E-state index < -0.39 is 0 Å². The largest absolute Gasteiger partial charge is 0.360 e. The zero-order chi connectivity index (χ0) is 16.3. The van der Waals surface area contributed by atoms with Crippen molar-refractivity contribution in [2.75, 3.05) is 11.9 Å². The Morgan fingerprint density at radius 1 is 1.23 bits per heavy atom. The second-order valence-electron chi connectivity index (χ2n) is 5.28. The van der Waals surface area contributed by atoms with Crippen LogP contribution in [-0.2, 0) is 0 Å². The number of aromatic nitrogens is 2. The number of rotatable bonds is 6. The number of aryl methyl sites for hydroxylation is 3. The average Bonchev–Trinajstić information content (AvgIpc) is 2.89. The number of Topliss-reactive ketones (excluding diaryl/α,β-unsaturated/α-hetero) is 1. The molecule has 0 saturated heterocycles. The summed E-state index contributed by atoms with van der Waals surface area (Å²) in [6.45, 7) is 10.9. The summed E-state index contributed by atoms with van der Waals surface area (Å²) in [5, 5.41) is 11.9. The van der Waals surface area contributed by atoms with Crippen LogP contribution in [0.5, 0.6) is 0 Å². The third kappa shape index (κ3) is 3.87. The van der Waals surface area contributed by atoms with Gasteiger partial charge in [0.1, 0.15) is 0 Å². The van der Waals surface area contributed by atoms with E-state index in [1.165, 1.54) is 28.7 Å². The molecular weight excluding hydrogens is 314 g/mol. The predicted octanol–water partition coefficient (Wildman–Crippen LogP) is 4.26. The summed E-state index contributed by atoms with van der Waals surface area (Å²) in [7, 11) is 0. The summed E-state index contributed by atoms with van der Waals surface area (Å²) >= 11 is 2.95. The fourth-order valence-corrected chi connectivity index (χ4v) is 4.16. The number of hydrogen-bond acceptors (Lipinski definition) is 6. The van der Waals surface area contributed by atoms with Crippen LogP contribution in [-0.4, -0.2) is 27.8 Å². The molecule has 0 amide bonds. The van der Waals surface area contributed by atoms with E-state index in [1.807, 2.05) is 33.8 Å². The van der Waals surface area contributed by atoms with Crippen molar-refractivity contribution in [3.8, 4) is 0 Å². The van der Waals surface area contributed by atoms with E-state index in [2.05, 4.69) is 28.5 Å². The first kappa shape index (κ1) is 17.0. The van der Waals surface area contributed by atoms with Crippen molar-refractivity contribution in [1.82, 2.24) is 10.2 Å². The molecule has 0 aliphatic carbocycles. The van der Waals surface area contributed by atoms with E-state index in [4.69, 9.17) is 0 Å². The van der Waals surface area contributed by atoms with Crippen LogP contribution in [0.2, 0.25) is 0 Å². The molecule has 0 aliphatic heterocycles. The number of hydrogen-bond donors (Lipinski definition) is 1. The lowest BCUT2D eigenvalue weighted by Crippen LogP contribution is -2.15. The van der Waals surface area contributed by atoms with Crippen LogP contribution in [0.3, 0.4) is 0 Å². The summed E-state index contributed by atoms with van der Waals surface area (Å²) in [6, 6.07) is 4.07. The molecule has 0 spiro atoms. The monoisotopic (exact) mass is 335 g/mol. The Bertz CT molecular complexity index is 682. The van der Waals surface area contributed by atoms with Gasteiger partial charge < -0.3 is 5.32 Å². The number of carbonyl (C=O) groups is 1. The van der Waals surface area contributed by atoms with Gasteiger partial charge in [0.2, 0.25) is 5.13 Å². The van der Waals surface area contributed by atoms with Gasteiger partial charge in [-0.3, -0.25) is 4.79 Å². The second kappa shape index (κ2) is 7.24. The number of nitrogens with one attached hydrogen (secondary N) is 1. The minimum absolute atomic E-state index is 0.144. The van der Waals surface area contributed by atoms with Crippen LogP contribution in [0.15, 0.2) is 16.5 Å². The SMILES string of the molecule is CCNc1nnc(SC(C)C(=O)c2cc(C)c(C)cc2C)s1. The number of thioether (sulfide) groups is 1. The number of nitrogens with zero attached hydrogens (tertiary/aromatic N) is 2. The molecule has 2 aromatic rings. The smallest absolute Gasteiger partial charge is 0.206 e. The Balaban J connectivity index is 2.13. The lowest BCUT2D eigenvalue weighted by molar-refractivity contribution is 0.0993. The Morgan fingerprint density at radius 2 is 1.91 bits per heavy atom. The highest BCUT2D eigenvalue weighted by Gasteiger charge is 2.20. The lowest BCUT2D eigenvalue weighted by Gasteiger charge is -2.12. The van der Waals surface area contributed by atoms with E-state index in [0.717, 1.165) is 32.7 Å². The summed E-state index contributed by atoms with van der Waals surface area (Å²) in [5.41, 5.74) is 4.20. The fourth-order valence-electron chi connectivity index (χ4n) is 2.13. The topological polar surface area (TPSA) is 54.9 Å². The van der Waals surface area contributed by atoms with Gasteiger partial charge in [-0.25, -0.2) is 0 Å². The van der Waals surface area contributed by atoms with E-state index in [0.29, 0.717) is 0 Å². The highest BCUT2D eigenvalue weighted by atomic mass is 32.2. The summed E-state index contributed by atoms with van der Waals surface area (Å²) in [4.78, 5) is 12.7. The molecule has 0 bridgehead atoms. The molecule has 0 fully saturated rings. The quantitative estimate of drug-likeness (QED) is 0.631. The molecule has 1 aromatic carbocycles. The minimum Gasteiger partial charge on any atom is -0.360 e. The van der Waals surface area contributed by atoms with Crippen LogP contribution in [0.25, 0.3) is 0 Å². The molecule has 1 heterocycles. The van der Waals surface area contributed by atoms with Gasteiger partial charge >= 0.3 is 0 Å². The van der Waals surface area contributed by atoms with Crippen molar-refractivity contribution in [3.05, 3.63) is 34.4 Å². The molecule has 1 N–H and O–H groups in total. The summed E-state index contributed by atoms with van der Waals surface area (Å²) in [5.74, 6) is 0.144. The molecule has 22 heavy (non-hydrogen) atoms. The lowest BCUT2D eigenvalue weighted by atomic mass is 9.97. The van der Waals surface area contributed by atoms with Crippen molar-refractivity contribution in [1.29, 1.82) is 0 Å². The van der Waals surface area contributed by atoms with Gasteiger partial charge in [-0.15, -0.1) is 10.2 Å². The van der Waals surface area contributed by atoms with Crippen molar-refractivity contribution >= 4 is 34.0 Å². The molecule has 118 valence electrons. The third-order valence-electron chi connectivity index (χ3n) is 3.49. The molecule has 1 atom stereocenters. The van der Waals surface area contributed by atoms with Crippen molar-refractivity contribution in [3.63, 3.8) is 0 Å².